The average Bonchev–Trinajstić information content (AvgIpc) is 2.89. The van der Waals surface area contributed by atoms with E-state index in [2.05, 4.69) is 5.32 Å². The van der Waals surface area contributed by atoms with Crippen LogP contribution < -0.4 is 11.1 Å². The lowest BCUT2D eigenvalue weighted by molar-refractivity contribution is -0.138. The molecule has 0 amide bonds. The van der Waals surface area contributed by atoms with Crippen molar-refractivity contribution in [2.45, 2.75) is 25.3 Å². The van der Waals surface area contributed by atoms with E-state index in [0.717, 1.165) is 5.56 Å². The lowest BCUT2D eigenvalue weighted by Gasteiger charge is -2.04. The van der Waals surface area contributed by atoms with Gasteiger partial charge in [0, 0.05) is 0 Å². The summed E-state index contributed by atoms with van der Waals surface area (Å²) in [5.41, 5.74) is 6.30. The number of carboxylic acids is 1. The SMILES string of the molecule is C1CCNC1.N[C@@H](Cc1ccccc1)C(=O)O. The summed E-state index contributed by atoms with van der Waals surface area (Å²) in [6.45, 7) is 2.50. The maximum absolute atomic E-state index is 10.4. The van der Waals surface area contributed by atoms with Crippen LogP contribution in [0.1, 0.15) is 18.4 Å². The van der Waals surface area contributed by atoms with Crippen LogP contribution in [-0.4, -0.2) is 30.2 Å². The Hall–Kier alpha value is -1.39. The predicted molar refractivity (Wildman–Crippen MR) is 67.9 cm³/mol. The molecule has 1 aliphatic rings. The van der Waals surface area contributed by atoms with Gasteiger partial charge in [0.15, 0.2) is 0 Å². The Balaban J connectivity index is 0.000000239. The molecule has 1 saturated heterocycles. The zero-order chi connectivity index (χ0) is 12.5. The summed E-state index contributed by atoms with van der Waals surface area (Å²) in [5.74, 6) is -0.959. The van der Waals surface area contributed by atoms with E-state index < -0.39 is 12.0 Å². The van der Waals surface area contributed by atoms with Gasteiger partial charge in [-0.1, -0.05) is 30.3 Å². The molecule has 0 spiro atoms. The first-order valence-corrected chi connectivity index (χ1v) is 5.93. The molecule has 0 saturated carbocycles. The zero-order valence-electron chi connectivity index (χ0n) is 9.93. The van der Waals surface area contributed by atoms with Gasteiger partial charge < -0.3 is 16.2 Å². The minimum absolute atomic E-state index is 0.385. The maximum Gasteiger partial charge on any atom is 0.320 e. The lowest BCUT2D eigenvalue weighted by Crippen LogP contribution is -2.32. The van der Waals surface area contributed by atoms with Crippen LogP contribution in [0, 0.1) is 0 Å². The maximum atomic E-state index is 10.4. The molecule has 1 aliphatic heterocycles. The largest absolute Gasteiger partial charge is 0.480 e. The van der Waals surface area contributed by atoms with Crippen molar-refractivity contribution < 1.29 is 9.90 Å². The number of hydrogen-bond acceptors (Lipinski definition) is 3. The van der Waals surface area contributed by atoms with Crippen LogP contribution >= 0.6 is 0 Å². The van der Waals surface area contributed by atoms with E-state index in [0.29, 0.717) is 6.42 Å². The second kappa shape index (κ2) is 7.81. The summed E-state index contributed by atoms with van der Waals surface area (Å²) in [6, 6.07) is 8.54. The highest BCUT2D eigenvalue weighted by Crippen LogP contribution is 2.01. The average molecular weight is 236 g/mol. The molecule has 1 aromatic carbocycles. The highest BCUT2D eigenvalue weighted by molar-refractivity contribution is 5.73. The van der Waals surface area contributed by atoms with Crippen molar-refractivity contribution in [3.63, 3.8) is 0 Å². The Bertz CT molecular complexity index is 316. The van der Waals surface area contributed by atoms with Crippen LogP contribution in [0.15, 0.2) is 30.3 Å². The predicted octanol–water partition coefficient (Wildman–Crippen LogP) is 1.01. The van der Waals surface area contributed by atoms with E-state index in [-0.39, 0.29) is 0 Å². The van der Waals surface area contributed by atoms with Crippen LogP contribution in [0.4, 0.5) is 0 Å². The Morgan fingerprint density at radius 3 is 2.29 bits per heavy atom. The Morgan fingerprint density at radius 1 is 1.29 bits per heavy atom. The first-order valence-electron chi connectivity index (χ1n) is 5.93. The summed E-state index contributed by atoms with van der Waals surface area (Å²) in [4.78, 5) is 10.4. The lowest BCUT2D eigenvalue weighted by atomic mass is 10.1. The van der Waals surface area contributed by atoms with E-state index >= 15 is 0 Å². The number of benzene rings is 1. The van der Waals surface area contributed by atoms with E-state index in [9.17, 15) is 4.79 Å². The highest BCUT2D eigenvalue weighted by atomic mass is 16.4. The van der Waals surface area contributed by atoms with Gasteiger partial charge in [-0.3, -0.25) is 4.79 Å². The number of carboxylic acid groups (broad SMARTS) is 1. The first kappa shape index (κ1) is 13.7. The smallest absolute Gasteiger partial charge is 0.320 e. The van der Waals surface area contributed by atoms with Crippen molar-refractivity contribution >= 4 is 5.97 Å². The Labute approximate surface area is 102 Å². The number of nitrogens with one attached hydrogen (secondary N) is 1. The van der Waals surface area contributed by atoms with E-state index in [1.165, 1.54) is 25.9 Å². The minimum atomic E-state index is -0.959. The summed E-state index contributed by atoms with van der Waals surface area (Å²) in [5, 5.41) is 11.7. The monoisotopic (exact) mass is 236 g/mol. The fraction of sp³-hybridized carbons (Fsp3) is 0.462. The van der Waals surface area contributed by atoms with Gasteiger partial charge >= 0.3 is 5.97 Å². The third-order valence-electron chi connectivity index (χ3n) is 2.57. The molecule has 1 aromatic rings. The number of carbonyl (C=O) groups is 1. The van der Waals surface area contributed by atoms with Gasteiger partial charge in [-0.2, -0.15) is 0 Å². The molecule has 0 radical (unpaired) electrons. The fourth-order valence-corrected chi connectivity index (χ4v) is 1.58. The second-order valence-corrected chi connectivity index (χ2v) is 4.09. The van der Waals surface area contributed by atoms with Gasteiger partial charge in [-0.25, -0.2) is 0 Å². The topological polar surface area (TPSA) is 75.3 Å². The molecule has 4 heteroatoms. The van der Waals surface area contributed by atoms with Gasteiger partial charge in [0.25, 0.3) is 0 Å². The summed E-state index contributed by atoms with van der Waals surface area (Å²) >= 11 is 0. The molecule has 0 aliphatic carbocycles. The van der Waals surface area contributed by atoms with Gasteiger partial charge in [0.2, 0.25) is 0 Å². The number of hydrogen-bond donors (Lipinski definition) is 3. The van der Waals surface area contributed by atoms with Gasteiger partial charge in [-0.15, -0.1) is 0 Å². The summed E-state index contributed by atoms with van der Waals surface area (Å²) in [7, 11) is 0. The van der Waals surface area contributed by atoms with Crippen LogP contribution in [0.2, 0.25) is 0 Å². The number of nitrogens with two attached hydrogens (primary N) is 1. The first-order chi connectivity index (χ1) is 8.20. The summed E-state index contributed by atoms with van der Waals surface area (Å²) in [6.07, 6.45) is 3.16. The molecule has 0 bridgehead atoms. The van der Waals surface area contributed by atoms with Crippen LogP contribution in [0.25, 0.3) is 0 Å². The molecule has 0 unspecified atom stereocenters. The van der Waals surface area contributed by atoms with Crippen molar-refractivity contribution in [3.05, 3.63) is 35.9 Å². The molecule has 94 valence electrons. The summed E-state index contributed by atoms with van der Waals surface area (Å²) < 4.78 is 0. The van der Waals surface area contributed by atoms with Gasteiger partial charge in [-0.05, 0) is 37.9 Å². The van der Waals surface area contributed by atoms with Crippen LogP contribution in [-0.2, 0) is 11.2 Å². The van der Waals surface area contributed by atoms with Crippen molar-refractivity contribution in [2.24, 2.45) is 5.73 Å². The molecule has 1 fully saturated rings. The number of rotatable bonds is 3. The molecule has 2 rings (SSSR count). The van der Waals surface area contributed by atoms with E-state index in [1.807, 2.05) is 30.3 Å². The molecule has 17 heavy (non-hydrogen) atoms. The fourth-order valence-electron chi connectivity index (χ4n) is 1.58. The van der Waals surface area contributed by atoms with Crippen molar-refractivity contribution in [3.8, 4) is 0 Å². The van der Waals surface area contributed by atoms with Gasteiger partial charge in [0.05, 0.1) is 0 Å². The molecular formula is C13H20N2O2. The number of aliphatic carboxylic acids is 1. The zero-order valence-corrected chi connectivity index (χ0v) is 9.93. The van der Waals surface area contributed by atoms with Crippen molar-refractivity contribution in [2.75, 3.05) is 13.1 Å². The normalized spacial score (nSPS) is 15.8. The van der Waals surface area contributed by atoms with Gasteiger partial charge in [0.1, 0.15) is 6.04 Å². The molecule has 4 nitrogen and oxygen atoms in total. The molecule has 4 N–H and O–H groups in total. The quantitative estimate of drug-likeness (QED) is 0.732. The standard InChI is InChI=1S/C9H11NO2.C4H9N/c10-8(9(11)12)6-7-4-2-1-3-5-7;1-2-4-5-3-1/h1-5,8H,6,10H2,(H,11,12);5H,1-4H2/t8-;/m0./s1. The Kier molecular flexibility index (Phi) is 6.29. The van der Waals surface area contributed by atoms with Crippen molar-refractivity contribution in [1.82, 2.24) is 5.32 Å². The third kappa shape index (κ3) is 6.04. The van der Waals surface area contributed by atoms with Crippen LogP contribution in [0.3, 0.4) is 0 Å². The van der Waals surface area contributed by atoms with E-state index in [1.54, 1.807) is 0 Å². The van der Waals surface area contributed by atoms with E-state index in [4.69, 9.17) is 10.8 Å². The molecule has 1 atom stereocenters. The van der Waals surface area contributed by atoms with Crippen molar-refractivity contribution in [1.29, 1.82) is 0 Å². The molecule has 0 aromatic heterocycles. The Morgan fingerprint density at radius 2 is 1.88 bits per heavy atom. The third-order valence-corrected chi connectivity index (χ3v) is 2.57. The second-order valence-electron chi connectivity index (χ2n) is 4.09. The highest BCUT2D eigenvalue weighted by Gasteiger charge is 2.10. The minimum Gasteiger partial charge on any atom is -0.480 e. The molecular weight excluding hydrogens is 216 g/mol. The molecule has 1 heterocycles. The van der Waals surface area contributed by atoms with Crippen LogP contribution in [0.5, 0.6) is 0 Å².